The van der Waals surface area contributed by atoms with E-state index in [1.54, 1.807) is 0 Å². The van der Waals surface area contributed by atoms with Crippen LogP contribution in [0.3, 0.4) is 0 Å². The molecule has 4 aromatic rings. The lowest BCUT2D eigenvalue weighted by molar-refractivity contribution is 0.590. The highest BCUT2D eigenvalue weighted by molar-refractivity contribution is 7.22. The SMILES string of the molecule is CC(C)(C)c1ccc2c(c1)[Si](c1ccccc1)(c1ccccc1)c1cc(C(C)(C)C)ccc1-2. The predicted octanol–water partition coefficient (Wildman–Crippen LogP) is 5.64. The van der Waals surface area contributed by atoms with Gasteiger partial charge in [0.1, 0.15) is 0 Å². The van der Waals surface area contributed by atoms with Crippen LogP contribution in [0.4, 0.5) is 0 Å². The minimum absolute atomic E-state index is 0.105. The quantitative estimate of drug-likeness (QED) is 0.308. The van der Waals surface area contributed by atoms with Crippen molar-refractivity contribution in [1.82, 2.24) is 0 Å². The van der Waals surface area contributed by atoms with E-state index in [1.807, 2.05) is 0 Å². The lowest BCUT2D eigenvalue weighted by Crippen LogP contribution is -2.73. The van der Waals surface area contributed by atoms with Crippen LogP contribution in [0.5, 0.6) is 0 Å². The summed E-state index contributed by atoms with van der Waals surface area (Å²) in [6.07, 6.45) is 0. The number of rotatable bonds is 2. The fourth-order valence-electron chi connectivity index (χ4n) is 5.42. The maximum atomic E-state index is 2.54. The molecule has 0 aliphatic carbocycles. The molecule has 1 heterocycles. The van der Waals surface area contributed by atoms with Crippen LogP contribution in [0.25, 0.3) is 11.1 Å². The molecule has 0 radical (unpaired) electrons. The second-order valence-corrected chi connectivity index (χ2v) is 15.2. The van der Waals surface area contributed by atoms with Gasteiger partial charge in [0, 0.05) is 0 Å². The molecule has 0 bridgehead atoms. The van der Waals surface area contributed by atoms with Gasteiger partial charge in [-0.15, -0.1) is 0 Å². The summed E-state index contributed by atoms with van der Waals surface area (Å²) in [6, 6.07) is 37.2. The molecule has 4 aromatic carbocycles. The minimum Gasteiger partial charge on any atom is -0.0623 e. The van der Waals surface area contributed by atoms with Crippen molar-refractivity contribution >= 4 is 28.8 Å². The first-order chi connectivity index (χ1) is 15.6. The molecule has 0 unspecified atom stereocenters. The summed E-state index contributed by atoms with van der Waals surface area (Å²) in [5.74, 6) is 0. The lowest BCUT2D eigenvalue weighted by Gasteiger charge is -2.33. The Hall–Kier alpha value is -2.90. The summed E-state index contributed by atoms with van der Waals surface area (Å²) < 4.78 is 0. The Morgan fingerprint density at radius 3 is 1.15 bits per heavy atom. The van der Waals surface area contributed by atoms with E-state index in [0.717, 1.165) is 0 Å². The highest BCUT2D eigenvalue weighted by Gasteiger charge is 2.49. The van der Waals surface area contributed by atoms with Gasteiger partial charge in [0.25, 0.3) is 0 Å². The molecule has 0 saturated carbocycles. The van der Waals surface area contributed by atoms with Crippen molar-refractivity contribution in [2.75, 3.05) is 0 Å². The minimum atomic E-state index is -2.45. The Morgan fingerprint density at radius 1 is 0.455 bits per heavy atom. The maximum Gasteiger partial charge on any atom is 0.180 e. The molecule has 0 amide bonds. The van der Waals surface area contributed by atoms with Gasteiger partial charge < -0.3 is 0 Å². The van der Waals surface area contributed by atoms with Gasteiger partial charge in [-0.1, -0.05) is 139 Å². The fraction of sp³-hybridized carbons (Fsp3) is 0.250. The van der Waals surface area contributed by atoms with Crippen molar-refractivity contribution in [3.05, 3.63) is 108 Å². The van der Waals surface area contributed by atoms with Gasteiger partial charge >= 0.3 is 0 Å². The largest absolute Gasteiger partial charge is 0.180 e. The molecule has 0 spiro atoms. The first kappa shape index (κ1) is 21.9. The lowest BCUT2D eigenvalue weighted by atomic mass is 9.85. The predicted molar refractivity (Wildman–Crippen MR) is 146 cm³/mol. The van der Waals surface area contributed by atoms with Gasteiger partial charge in [0.05, 0.1) is 0 Å². The molecule has 33 heavy (non-hydrogen) atoms. The Labute approximate surface area is 200 Å². The van der Waals surface area contributed by atoms with Crippen molar-refractivity contribution in [2.24, 2.45) is 0 Å². The van der Waals surface area contributed by atoms with E-state index in [1.165, 1.54) is 43.0 Å². The summed E-state index contributed by atoms with van der Waals surface area (Å²) in [5, 5.41) is 6.00. The highest BCUT2D eigenvalue weighted by atomic mass is 28.3. The number of hydrogen-bond acceptors (Lipinski definition) is 0. The number of benzene rings is 4. The molecule has 0 N–H and O–H groups in total. The molecule has 1 aliphatic rings. The molecule has 0 atom stereocenters. The zero-order valence-electron chi connectivity index (χ0n) is 20.7. The smallest absolute Gasteiger partial charge is 0.0623 e. The Balaban J connectivity index is 1.96. The van der Waals surface area contributed by atoms with Crippen molar-refractivity contribution in [2.45, 2.75) is 52.4 Å². The van der Waals surface area contributed by atoms with Crippen molar-refractivity contribution in [3.8, 4) is 11.1 Å². The Kier molecular flexibility index (Phi) is 5.03. The molecule has 0 nitrogen and oxygen atoms in total. The van der Waals surface area contributed by atoms with Crippen LogP contribution in [-0.4, -0.2) is 8.07 Å². The summed E-state index contributed by atoms with van der Waals surface area (Å²) in [4.78, 5) is 0. The third kappa shape index (κ3) is 3.41. The second-order valence-electron chi connectivity index (χ2n) is 11.5. The monoisotopic (exact) mass is 446 g/mol. The van der Waals surface area contributed by atoms with Gasteiger partial charge in [-0.2, -0.15) is 0 Å². The fourth-order valence-corrected chi connectivity index (χ4v) is 10.7. The van der Waals surface area contributed by atoms with Crippen LogP contribution >= 0.6 is 0 Å². The van der Waals surface area contributed by atoms with Gasteiger partial charge in [-0.25, -0.2) is 0 Å². The van der Waals surface area contributed by atoms with Crippen LogP contribution in [0.2, 0.25) is 0 Å². The Bertz CT molecular complexity index is 1200. The highest BCUT2D eigenvalue weighted by Crippen LogP contribution is 2.34. The van der Waals surface area contributed by atoms with Crippen molar-refractivity contribution in [3.63, 3.8) is 0 Å². The molecular weight excluding hydrogens is 412 g/mol. The third-order valence-corrected chi connectivity index (χ3v) is 12.1. The third-order valence-electron chi connectivity index (χ3n) is 7.28. The van der Waals surface area contributed by atoms with E-state index < -0.39 is 8.07 Å². The van der Waals surface area contributed by atoms with E-state index in [-0.39, 0.29) is 10.8 Å². The van der Waals surface area contributed by atoms with Crippen molar-refractivity contribution in [1.29, 1.82) is 0 Å². The zero-order chi connectivity index (χ0) is 23.4. The summed E-state index contributed by atoms with van der Waals surface area (Å²) >= 11 is 0. The van der Waals surface area contributed by atoms with E-state index >= 15 is 0 Å². The molecule has 0 aromatic heterocycles. The molecule has 166 valence electrons. The molecule has 5 rings (SSSR count). The summed E-state index contributed by atoms with van der Waals surface area (Å²) in [7, 11) is -2.45. The molecule has 0 fully saturated rings. The first-order valence-corrected chi connectivity index (χ1v) is 14.0. The van der Waals surface area contributed by atoms with Gasteiger partial charge in [-0.05, 0) is 53.8 Å². The second kappa shape index (κ2) is 7.57. The van der Waals surface area contributed by atoms with Crippen molar-refractivity contribution < 1.29 is 0 Å². The Morgan fingerprint density at radius 2 is 0.818 bits per heavy atom. The maximum absolute atomic E-state index is 2.54. The van der Waals surface area contributed by atoms with Crippen LogP contribution in [0, 0.1) is 0 Å². The van der Waals surface area contributed by atoms with Crippen LogP contribution < -0.4 is 20.7 Å². The molecule has 1 aliphatic heterocycles. The van der Waals surface area contributed by atoms with Gasteiger partial charge in [0.2, 0.25) is 0 Å². The van der Waals surface area contributed by atoms with Crippen LogP contribution in [0.15, 0.2) is 97.1 Å². The van der Waals surface area contributed by atoms with E-state index in [4.69, 9.17) is 0 Å². The first-order valence-electron chi connectivity index (χ1n) is 12.0. The molecule has 1 heteroatoms. The van der Waals surface area contributed by atoms with E-state index in [2.05, 4.69) is 139 Å². The zero-order valence-corrected chi connectivity index (χ0v) is 21.7. The van der Waals surface area contributed by atoms with Gasteiger partial charge in [-0.3, -0.25) is 0 Å². The topological polar surface area (TPSA) is 0 Å². The van der Waals surface area contributed by atoms with Crippen LogP contribution in [0.1, 0.15) is 52.7 Å². The van der Waals surface area contributed by atoms with Gasteiger partial charge in [0.15, 0.2) is 8.07 Å². The summed E-state index contributed by atoms with van der Waals surface area (Å²) in [6.45, 7) is 13.9. The summed E-state index contributed by atoms with van der Waals surface area (Å²) in [5.41, 5.74) is 5.86. The average molecular weight is 447 g/mol. The number of fused-ring (bicyclic) bond motifs is 3. The standard InChI is InChI=1S/C32H34Si/c1-31(2,3)23-17-19-27-28-20-18-24(32(4,5)6)22-30(28)33(29(27)21-23,25-13-9-7-10-14-25)26-15-11-8-12-16-26/h7-22H,1-6H3. The number of hydrogen-bond donors (Lipinski definition) is 0. The van der Waals surface area contributed by atoms with E-state index in [0.29, 0.717) is 0 Å². The molecule has 0 saturated heterocycles. The van der Waals surface area contributed by atoms with Crippen LogP contribution in [-0.2, 0) is 10.8 Å². The normalized spacial score (nSPS) is 14.6. The average Bonchev–Trinajstić information content (AvgIpc) is 3.09. The van der Waals surface area contributed by atoms with E-state index in [9.17, 15) is 0 Å². The molecular formula is C32H34Si.